The van der Waals surface area contributed by atoms with Crippen molar-refractivity contribution in [3.63, 3.8) is 0 Å². The van der Waals surface area contributed by atoms with Gasteiger partial charge in [-0.3, -0.25) is 19.2 Å². The second kappa shape index (κ2) is 13.1. The van der Waals surface area contributed by atoms with Crippen LogP contribution in [-0.4, -0.2) is 65.2 Å². The zero-order valence-corrected chi connectivity index (χ0v) is 26.4. The lowest BCUT2D eigenvalue weighted by atomic mass is 10.00. The summed E-state index contributed by atoms with van der Waals surface area (Å²) in [5.41, 5.74) is -0.555. The first-order valence-electron chi connectivity index (χ1n) is 14.5. The zero-order chi connectivity index (χ0) is 33.5. The van der Waals surface area contributed by atoms with Crippen LogP contribution in [-0.2, 0) is 12.7 Å². The summed E-state index contributed by atoms with van der Waals surface area (Å²) in [7, 11) is 0. The summed E-state index contributed by atoms with van der Waals surface area (Å²) in [6, 6.07) is 11.5. The topological polar surface area (TPSA) is 87.3 Å². The van der Waals surface area contributed by atoms with Gasteiger partial charge < -0.3 is 9.64 Å². The first-order valence-corrected chi connectivity index (χ1v) is 15.8. The van der Waals surface area contributed by atoms with Gasteiger partial charge in [-0.25, -0.2) is 13.8 Å². The molecule has 15 heteroatoms. The summed E-state index contributed by atoms with van der Waals surface area (Å²) in [4.78, 5) is 25.4. The fourth-order valence-electron chi connectivity index (χ4n) is 5.92. The molecule has 244 valence electrons. The molecule has 5 aromatic rings. The quantitative estimate of drug-likeness (QED) is 0.163. The van der Waals surface area contributed by atoms with E-state index < -0.39 is 41.5 Å². The largest absolute Gasteiger partial charge is 0.491 e. The van der Waals surface area contributed by atoms with Crippen molar-refractivity contribution in [3.05, 3.63) is 80.3 Å². The van der Waals surface area contributed by atoms with E-state index in [1.807, 2.05) is 23.6 Å². The van der Waals surface area contributed by atoms with E-state index in [0.29, 0.717) is 10.8 Å². The molecule has 2 aromatic carbocycles. The van der Waals surface area contributed by atoms with E-state index in [2.05, 4.69) is 9.97 Å². The van der Waals surface area contributed by atoms with Crippen LogP contribution in [0.15, 0.2) is 52.8 Å². The summed E-state index contributed by atoms with van der Waals surface area (Å²) in [6.45, 7) is 1.04. The molecule has 1 fully saturated rings. The van der Waals surface area contributed by atoms with Gasteiger partial charge in [0.2, 0.25) is 0 Å². The molecule has 0 unspecified atom stereocenters. The van der Waals surface area contributed by atoms with Crippen LogP contribution in [0, 0.1) is 18.3 Å². The Morgan fingerprint density at radius 2 is 1.85 bits per heavy atom. The number of fused-ring (bicyclic) bond motifs is 2. The molecule has 0 saturated carbocycles. The summed E-state index contributed by atoms with van der Waals surface area (Å²) < 4.78 is 77.3. The maximum absolute atomic E-state index is 14.4. The lowest BCUT2D eigenvalue weighted by Crippen LogP contribution is -2.48. The van der Waals surface area contributed by atoms with Crippen molar-refractivity contribution < 1.29 is 26.7 Å². The molecule has 0 amide bonds. The van der Waals surface area contributed by atoms with Crippen molar-refractivity contribution in [1.82, 2.24) is 19.4 Å². The number of rotatable bonds is 8. The van der Waals surface area contributed by atoms with Crippen molar-refractivity contribution in [1.29, 1.82) is 5.26 Å². The lowest BCUT2D eigenvalue weighted by Gasteiger charge is -2.37. The monoisotopic (exact) mass is 688 g/mol. The van der Waals surface area contributed by atoms with Crippen LogP contribution < -0.4 is 15.2 Å². The van der Waals surface area contributed by atoms with Crippen molar-refractivity contribution in [2.75, 3.05) is 44.2 Å². The Morgan fingerprint density at radius 1 is 1.09 bits per heavy atom. The average Bonchev–Trinajstić information content (AvgIpc) is 3.51. The molecular formula is C32H26ClF5N6O2S. The van der Waals surface area contributed by atoms with Crippen molar-refractivity contribution in [3.8, 4) is 22.9 Å². The second-order valence-corrected chi connectivity index (χ2v) is 12.3. The first-order chi connectivity index (χ1) is 22.5. The fraction of sp³-hybridized carbons (Fsp3) is 0.312. The minimum Gasteiger partial charge on any atom is -0.491 e. The van der Waals surface area contributed by atoms with Crippen LogP contribution in [0.1, 0.15) is 17.0 Å². The van der Waals surface area contributed by atoms with Gasteiger partial charge in [0.25, 0.3) is 12.0 Å². The van der Waals surface area contributed by atoms with Crippen molar-refractivity contribution in [2.24, 2.45) is 0 Å². The number of nitrogens with zero attached hydrogens (tertiary/aromatic N) is 6. The Bertz CT molecular complexity index is 2070. The fourth-order valence-corrected chi connectivity index (χ4v) is 6.97. The van der Waals surface area contributed by atoms with E-state index in [0.717, 1.165) is 27.4 Å². The molecule has 3 aromatic heterocycles. The van der Waals surface area contributed by atoms with E-state index in [9.17, 15) is 32.0 Å². The van der Waals surface area contributed by atoms with Gasteiger partial charge >= 0.3 is 6.18 Å². The maximum atomic E-state index is 14.4. The van der Waals surface area contributed by atoms with E-state index in [-0.39, 0.29) is 56.1 Å². The number of alkyl halides is 5. The minimum atomic E-state index is -4.87. The van der Waals surface area contributed by atoms with Crippen LogP contribution in [0.2, 0.25) is 5.02 Å². The molecule has 1 saturated heterocycles. The van der Waals surface area contributed by atoms with Gasteiger partial charge in [0.1, 0.15) is 24.3 Å². The molecule has 1 aliphatic rings. The maximum Gasteiger partial charge on any atom is 0.418 e. The van der Waals surface area contributed by atoms with Gasteiger partial charge in [0, 0.05) is 48.5 Å². The molecule has 0 atom stereocenters. The predicted octanol–water partition coefficient (Wildman–Crippen LogP) is 6.99. The third-order valence-electron chi connectivity index (χ3n) is 8.06. The van der Waals surface area contributed by atoms with Crippen LogP contribution in [0.4, 0.5) is 27.6 Å². The molecule has 1 aliphatic heterocycles. The molecule has 4 heterocycles. The predicted molar refractivity (Wildman–Crippen MR) is 171 cm³/mol. The van der Waals surface area contributed by atoms with Gasteiger partial charge in [-0.1, -0.05) is 11.6 Å². The minimum absolute atomic E-state index is 0.0112. The highest BCUT2D eigenvalue weighted by molar-refractivity contribution is 7.17. The number of ether oxygens (including phenoxy) is 1. The molecule has 6 rings (SSSR count). The number of anilines is 1. The van der Waals surface area contributed by atoms with Gasteiger partial charge in [-0.05, 0) is 48.7 Å². The number of hydrogen-bond acceptors (Lipinski definition) is 8. The number of hydrogen-bond donors (Lipinski definition) is 0. The average molecular weight is 689 g/mol. The lowest BCUT2D eigenvalue weighted by molar-refractivity contribution is -0.137. The molecule has 8 nitrogen and oxygen atoms in total. The summed E-state index contributed by atoms with van der Waals surface area (Å²) in [5.74, 6) is 0.637. The van der Waals surface area contributed by atoms with E-state index in [1.165, 1.54) is 32.6 Å². The molecule has 47 heavy (non-hydrogen) atoms. The molecule has 0 radical (unpaired) electrons. The Kier molecular flexibility index (Phi) is 9.06. The van der Waals surface area contributed by atoms with E-state index in [4.69, 9.17) is 16.3 Å². The highest BCUT2D eigenvalue weighted by atomic mass is 35.5. The normalized spacial score (nSPS) is 14.3. The standard InChI is InChI=1S/C32H26ClF5N6O2S/c1-18-41-25-15-23(32(36,37)38)29(43-9-7-42(8-10-43)17-27(34)35)22(16-39)28(25)31(45)44(18)11-12-46-26-3-2-19(33)14-21(26)20-4-6-40-24-5-13-47-30(20)24/h2-6,13-15,27H,7-12,17H2,1H3. The number of piperazine rings is 1. The highest BCUT2D eigenvalue weighted by Gasteiger charge is 2.39. The molecule has 0 aliphatic carbocycles. The van der Waals surface area contributed by atoms with Crippen molar-refractivity contribution in [2.45, 2.75) is 26.1 Å². The molecular weight excluding hydrogens is 663 g/mol. The Labute approximate surface area is 274 Å². The smallest absolute Gasteiger partial charge is 0.418 e. The van der Waals surface area contributed by atoms with Gasteiger partial charge in [-0.2, -0.15) is 18.4 Å². The summed E-state index contributed by atoms with van der Waals surface area (Å²) >= 11 is 7.85. The SMILES string of the molecule is Cc1nc2cc(C(F)(F)F)c(N3CCN(CC(F)F)CC3)c(C#N)c2c(=O)n1CCOc1ccc(Cl)cc1-c1ccnc2ccsc12. The number of aromatic nitrogens is 3. The van der Waals surface area contributed by atoms with Gasteiger partial charge in [-0.15, -0.1) is 11.3 Å². The summed E-state index contributed by atoms with van der Waals surface area (Å²) in [5, 5.41) is 12.3. The third kappa shape index (κ3) is 6.47. The first kappa shape index (κ1) is 32.6. The summed E-state index contributed by atoms with van der Waals surface area (Å²) in [6.07, 6.45) is -5.76. The number of pyridine rings is 1. The third-order valence-corrected chi connectivity index (χ3v) is 9.23. The molecule has 0 N–H and O–H groups in total. The van der Waals surface area contributed by atoms with Crippen LogP contribution in [0.25, 0.3) is 32.2 Å². The van der Waals surface area contributed by atoms with E-state index >= 15 is 0 Å². The number of halogens is 6. The number of benzene rings is 2. The van der Waals surface area contributed by atoms with Gasteiger partial charge in [0.15, 0.2) is 0 Å². The van der Waals surface area contributed by atoms with Crippen LogP contribution >= 0.6 is 22.9 Å². The highest BCUT2D eigenvalue weighted by Crippen LogP contribution is 2.42. The second-order valence-electron chi connectivity index (χ2n) is 10.9. The van der Waals surface area contributed by atoms with Gasteiger partial charge in [0.05, 0.1) is 51.0 Å². The number of thiophene rings is 1. The van der Waals surface area contributed by atoms with Crippen molar-refractivity contribution >= 4 is 49.7 Å². The number of nitriles is 1. The Balaban J connectivity index is 1.35. The van der Waals surface area contributed by atoms with Crippen LogP contribution in [0.3, 0.4) is 0 Å². The molecule has 0 bridgehead atoms. The Hall–Kier alpha value is -4.32. The zero-order valence-electron chi connectivity index (χ0n) is 24.8. The Morgan fingerprint density at radius 3 is 2.55 bits per heavy atom. The van der Waals surface area contributed by atoms with E-state index in [1.54, 1.807) is 24.4 Å². The van der Waals surface area contributed by atoms with Crippen LogP contribution in [0.5, 0.6) is 5.75 Å². The number of aryl methyl sites for hydroxylation is 1. The molecule has 0 spiro atoms.